The summed E-state index contributed by atoms with van der Waals surface area (Å²) < 4.78 is 8.31. The van der Waals surface area contributed by atoms with Gasteiger partial charge in [0.2, 0.25) is 0 Å². The standard InChI is InChI=1S/C18H30NO2P/c1-5-18(6-2,7-3)19-14-13-16(4)21-22(19,20)15-17-11-9-8-10-12-17/h8-12,16H,5-7,13-15H2,1-4H3/t16-,22?/m0/s1. The van der Waals surface area contributed by atoms with Gasteiger partial charge in [0.05, 0.1) is 5.54 Å². The van der Waals surface area contributed by atoms with Crippen LogP contribution in [0.5, 0.6) is 0 Å². The second-order valence-corrected chi connectivity index (χ2v) is 8.68. The Bertz CT molecular complexity index is 455. The van der Waals surface area contributed by atoms with Gasteiger partial charge >= 0.3 is 0 Å². The molecule has 1 aliphatic heterocycles. The maximum absolute atomic E-state index is 13.8. The molecule has 1 aliphatic rings. The summed E-state index contributed by atoms with van der Waals surface area (Å²) in [6.07, 6.45) is 4.58. The molecule has 2 atom stereocenters. The summed E-state index contributed by atoms with van der Waals surface area (Å²) in [5, 5.41) is 0. The van der Waals surface area contributed by atoms with Gasteiger partial charge in [0.15, 0.2) is 7.87 Å². The van der Waals surface area contributed by atoms with Crippen molar-refractivity contribution in [3.05, 3.63) is 35.9 Å². The molecule has 124 valence electrons. The molecule has 1 aromatic carbocycles. The maximum Gasteiger partial charge on any atom is 0.178 e. The Hall–Kier alpha value is -0.470. The Morgan fingerprint density at radius 2 is 1.77 bits per heavy atom. The van der Waals surface area contributed by atoms with Crippen molar-refractivity contribution in [3.8, 4) is 0 Å². The van der Waals surface area contributed by atoms with Crippen LogP contribution >= 0.6 is 7.87 Å². The molecule has 3 nitrogen and oxygen atoms in total. The van der Waals surface area contributed by atoms with Crippen LogP contribution in [0, 0.1) is 0 Å². The zero-order valence-electron chi connectivity index (χ0n) is 14.4. The van der Waals surface area contributed by atoms with Gasteiger partial charge in [0, 0.05) is 6.54 Å². The molecular weight excluding hydrogens is 293 g/mol. The molecule has 0 bridgehead atoms. The first kappa shape index (κ1) is 17.9. The fourth-order valence-corrected chi connectivity index (χ4v) is 6.83. The number of benzene rings is 1. The molecule has 1 unspecified atom stereocenters. The van der Waals surface area contributed by atoms with Crippen LogP contribution in [0.4, 0.5) is 0 Å². The topological polar surface area (TPSA) is 35.5 Å². The SMILES string of the molecule is CCC(CC)(CC)N1CC[C@H](C)O[P+]1([O-])Cc1ccccc1. The summed E-state index contributed by atoms with van der Waals surface area (Å²) in [7, 11) is -2.84. The first-order chi connectivity index (χ1) is 10.5. The first-order valence-electron chi connectivity index (χ1n) is 8.59. The lowest BCUT2D eigenvalue weighted by Crippen LogP contribution is -2.54. The highest BCUT2D eigenvalue weighted by Crippen LogP contribution is 2.64. The molecule has 0 aromatic heterocycles. The number of hydrogen-bond acceptors (Lipinski definition) is 3. The summed E-state index contributed by atoms with van der Waals surface area (Å²) in [5.41, 5.74) is 1.09. The molecule has 1 fully saturated rings. The summed E-state index contributed by atoms with van der Waals surface area (Å²) in [4.78, 5) is 13.8. The molecule has 4 heteroatoms. The molecule has 1 heterocycles. The normalized spacial score (nSPS) is 27.0. The van der Waals surface area contributed by atoms with E-state index in [2.05, 4.69) is 25.4 Å². The van der Waals surface area contributed by atoms with E-state index in [0.29, 0.717) is 6.16 Å². The molecule has 1 saturated heterocycles. The summed E-state index contributed by atoms with van der Waals surface area (Å²) in [6, 6.07) is 10.1. The van der Waals surface area contributed by atoms with Gasteiger partial charge in [-0.3, -0.25) is 0 Å². The molecule has 0 N–H and O–H groups in total. The second-order valence-electron chi connectivity index (χ2n) is 6.39. The average Bonchev–Trinajstić information content (AvgIpc) is 2.52. The lowest BCUT2D eigenvalue weighted by atomic mass is 9.89. The Morgan fingerprint density at radius 1 is 1.18 bits per heavy atom. The summed E-state index contributed by atoms with van der Waals surface area (Å²) in [5.74, 6) is 0. The van der Waals surface area contributed by atoms with Crippen LogP contribution in [-0.4, -0.2) is 22.9 Å². The van der Waals surface area contributed by atoms with Crippen molar-refractivity contribution in [2.24, 2.45) is 0 Å². The molecule has 0 spiro atoms. The van der Waals surface area contributed by atoms with E-state index in [4.69, 9.17) is 4.52 Å². The number of hydrogen-bond donors (Lipinski definition) is 0. The minimum atomic E-state index is -2.84. The minimum Gasteiger partial charge on any atom is -0.641 e. The fourth-order valence-electron chi connectivity index (χ4n) is 3.64. The third-order valence-corrected chi connectivity index (χ3v) is 8.02. The van der Waals surface area contributed by atoms with E-state index in [9.17, 15) is 4.89 Å². The Labute approximate surface area is 136 Å². The van der Waals surface area contributed by atoms with Crippen LogP contribution in [0.3, 0.4) is 0 Å². The zero-order chi connectivity index (χ0) is 16.2. The lowest BCUT2D eigenvalue weighted by Gasteiger charge is -2.52. The van der Waals surface area contributed by atoms with Gasteiger partial charge in [-0.05, 0) is 38.2 Å². The Balaban J connectivity index is 2.33. The summed E-state index contributed by atoms with van der Waals surface area (Å²) in [6.45, 7) is 9.54. The molecule has 0 radical (unpaired) electrons. The fraction of sp³-hybridized carbons (Fsp3) is 0.667. The maximum atomic E-state index is 13.8. The van der Waals surface area contributed by atoms with Gasteiger partial charge < -0.3 is 4.89 Å². The van der Waals surface area contributed by atoms with E-state index in [1.54, 1.807) is 0 Å². The van der Waals surface area contributed by atoms with E-state index < -0.39 is 7.87 Å². The molecule has 2 rings (SSSR count). The van der Waals surface area contributed by atoms with Gasteiger partial charge in [-0.25, -0.2) is 4.52 Å². The highest BCUT2D eigenvalue weighted by Gasteiger charge is 2.51. The van der Waals surface area contributed by atoms with Crippen LogP contribution in [0.2, 0.25) is 0 Å². The minimum absolute atomic E-state index is 0.00948. The number of nitrogens with zero attached hydrogens (tertiary/aromatic N) is 1. The van der Waals surface area contributed by atoms with E-state index in [1.165, 1.54) is 0 Å². The average molecular weight is 323 g/mol. The zero-order valence-corrected chi connectivity index (χ0v) is 15.3. The largest absolute Gasteiger partial charge is 0.641 e. The smallest absolute Gasteiger partial charge is 0.178 e. The lowest BCUT2D eigenvalue weighted by molar-refractivity contribution is -0.223. The van der Waals surface area contributed by atoms with Crippen molar-refractivity contribution in [3.63, 3.8) is 0 Å². The number of rotatable bonds is 6. The van der Waals surface area contributed by atoms with Crippen LogP contribution in [0.15, 0.2) is 30.3 Å². The Kier molecular flexibility index (Phi) is 6.01. The van der Waals surface area contributed by atoms with E-state index in [-0.39, 0.29) is 11.6 Å². The second kappa shape index (κ2) is 7.40. The third-order valence-electron chi connectivity index (χ3n) is 5.21. The summed E-state index contributed by atoms with van der Waals surface area (Å²) >= 11 is 0. The molecular formula is C18H30NO2P. The van der Waals surface area contributed by atoms with Crippen molar-refractivity contribution in [1.82, 2.24) is 4.67 Å². The quantitative estimate of drug-likeness (QED) is 0.728. The Morgan fingerprint density at radius 3 is 2.32 bits per heavy atom. The van der Waals surface area contributed by atoms with Crippen LogP contribution in [0.25, 0.3) is 0 Å². The molecule has 1 aromatic rings. The van der Waals surface area contributed by atoms with Crippen LogP contribution < -0.4 is 4.89 Å². The highest BCUT2D eigenvalue weighted by molar-refractivity contribution is 7.61. The molecule has 22 heavy (non-hydrogen) atoms. The first-order valence-corrected chi connectivity index (χ1v) is 10.4. The molecule has 0 amide bonds. The van der Waals surface area contributed by atoms with Gasteiger partial charge in [-0.2, -0.15) is 4.67 Å². The van der Waals surface area contributed by atoms with E-state index in [0.717, 1.165) is 37.8 Å². The molecule has 0 aliphatic carbocycles. The third kappa shape index (κ3) is 3.54. The van der Waals surface area contributed by atoms with Gasteiger partial charge in [0.25, 0.3) is 0 Å². The highest BCUT2D eigenvalue weighted by atomic mass is 31.2. The van der Waals surface area contributed by atoms with Crippen molar-refractivity contribution in [2.45, 2.75) is 71.2 Å². The van der Waals surface area contributed by atoms with Crippen LogP contribution in [0.1, 0.15) is 58.9 Å². The van der Waals surface area contributed by atoms with Crippen molar-refractivity contribution < 1.29 is 9.42 Å². The monoisotopic (exact) mass is 323 g/mol. The van der Waals surface area contributed by atoms with Crippen molar-refractivity contribution >= 4 is 7.87 Å². The van der Waals surface area contributed by atoms with Crippen LogP contribution in [-0.2, 0) is 10.7 Å². The predicted molar refractivity (Wildman–Crippen MR) is 92.5 cm³/mol. The van der Waals surface area contributed by atoms with Crippen molar-refractivity contribution in [2.75, 3.05) is 6.54 Å². The molecule has 0 saturated carbocycles. The van der Waals surface area contributed by atoms with Crippen molar-refractivity contribution in [1.29, 1.82) is 0 Å². The van der Waals surface area contributed by atoms with Gasteiger partial charge in [-0.15, -0.1) is 0 Å². The predicted octanol–water partition coefficient (Wildman–Crippen LogP) is 4.39. The van der Waals surface area contributed by atoms with E-state index >= 15 is 0 Å². The van der Waals surface area contributed by atoms with Gasteiger partial charge in [-0.1, -0.05) is 51.1 Å². The van der Waals surface area contributed by atoms with Gasteiger partial charge in [0.1, 0.15) is 12.3 Å². The van der Waals surface area contributed by atoms with E-state index in [1.807, 2.05) is 37.3 Å².